The Labute approximate surface area is 166 Å². The van der Waals surface area contributed by atoms with Gasteiger partial charge >= 0.3 is 0 Å². The van der Waals surface area contributed by atoms with Crippen molar-refractivity contribution in [3.05, 3.63) is 41.3 Å². The van der Waals surface area contributed by atoms with Crippen LogP contribution in [-0.2, 0) is 11.3 Å². The summed E-state index contributed by atoms with van der Waals surface area (Å²) in [4.78, 5) is 16.8. The molecule has 2 atom stereocenters. The van der Waals surface area contributed by atoms with Crippen LogP contribution in [0.5, 0.6) is 0 Å². The molecular formula is C18H27Cl2N5O. The molecular weight excluding hydrogens is 373 g/mol. The Morgan fingerprint density at radius 2 is 2.08 bits per heavy atom. The van der Waals surface area contributed by atoms with Crippen LogP contribution in [0, 0.1) is 25.7 Å². The summed E-state index contributed by atoms with van der Waals surface area (Å²) in [6.07, 6.45) is 4.90. The van der Waals surface area contributed by atoms with Gasteiger partial charge in [0.05, 0.1) is 5.69 Å². The molecule has 2 aromatic rings. The maximum Gasteiger partial charge on any atom is 0.223 e. The number of carbonyl (C=O) groups excluding carboxylic acids is 1. The predicted molar refractivity (Wildman–Crippen MR) is 107 cm³/mol. The molecule has 2 aromatic heterocycles. The van der Waals surface area contributed by atoms with Crippen LogP contribution in [0.4, 0.5) is 0 Å². The zero-order valence-corrected chi connectivity index (χ0v) is 16.8. The molecule has 2 heterocycles. The van der Waals surface area contributed by atoms with Gasteiger partial charge in [-0.1, -0.05) is 12.5 Å². The molecule has 1 amide bonds. The lowest BCUT2D eigenvalue weighted by molar-refractivity contribution is -0.126. The van der Waals surface area contributed by atoms with Gasteiger partial charge in [-0.05, 0) is 56.8 Å². The fourth-order valence-electron chi connectivity index (χ4n) is 3.49. The minimum absolute atomic E-state index is 0. The van der Waals surface area contributed by atoms with E-state index in [9.17, 15) is 4.79 Å². The number of aryl methyl sites for hydroxylation is 2. The predicted octanol–water partition coefficient (Wildman–Crippen LogP) is 2.72. The van der Waals surface area contributed by atoms with Crippen LogP contribution in [0.25, 0.3) is 5.82 Å². The average Bonchev–Trinajstić information content (AvgIpc) is 3.19. The second-order valence-corrected chi connectivity index (χ2v) is 6.61. The summed E-state index contributed by atoms with van der Waals surface area (Å²) in [5.74, 6) is 1.30. The van der Waals surface area contributed by atoms with E-state index in [1.54, 1.807) is 6.20 Å². The lowest BCUT2D eigenvalue weighted by Gasteiger charge is -2.17. The van der Waals surface area contributed by atoms with Gasteiger partial charge in [0.15, 0.2) is 5.82 Å². The van der Waals surface area contributed by atoms with Gasteiger partial charge in [-0.25, -0.2) is 9.67 Å². The van der Waals surface area contributed by atoms with Crippen LogP contribution in [0.1, 0.15) is 36.2 Å². The third-order valence-electron chi connectivity index (χ3n) is 4.80. The molecule has 0 saturated heterocycles. The normalized spacial score (nSPS) is 18.7. The molecule has 0 bridgehead atoms. The molecule has 1 aliphatic rings. The Kier molecular flexibility index (Phi) is 8.53. The van der Waals surface area contributed by atoms with Crippen molar-refractivity contribution in [1.29, 1.82) is 0 Å². The molecule has 3 N–H and O–H groups in total. The molecule has 0 aliphatic heterocycles. The molecule has 144 valence electrons. The fraction of sp³-hybridized carbons (Fsp3) is 0.500. The molecule has 1 saturated carbocycles. The van der Waals surface area contributed by atoms with Gasteiger partial charge in [0, 0.05) is 24.4 Å². The zero-order valence-electron chi connectivity index (χ0n) is 15.1. The Balaban J connectivity index is 0.00000169. The molecule has 0 aromatic carbocycles. The average molecular weight is 400 g/mol. The number of nitrogens with two attached hydrogens (primary N) is 1. The second kappa shape index (κ2) is 9.90. The highest BCUT2D eigenvalue weighted by atomic mass is 35.5. The Morgan fingerprint density at radius 3 is 2.65 bits per heavy atom. The van der Waals surface area contributed by atoms with Gasteiger partial charge in [0.2, 0.25) is 5.91 Å². The molecule has 8 heteroatoms. The minimum atomic E-state index is 0. The highest BCUT2D eigenvalue weighted by Gasteiger charge is 2.31. The summed E-state index contributed by atoms with van der Waals surface area (Å²) >= 11 is 0. The maximum atomic E-state index is 12.3. The maximum absolute atomic E-state index is 12.3. The highest BCUT2D eigenvalue weighted by molar-refractivity contribution is 5.85. The first-order valence-electron chi connectivity index (χ1n) is 8.55. The zero-order chi connectivity index (χ0) is 17.1. The second-order valence-electron chi connectivity index (χ2n) is 6.61. The van der Waals surface area contributed by atoms with Gasteiger partial charge in [0.25, 0.3) is 0 Å². The van der Waals surface area contributed by atoms with Gasteiger partial charge in [0.1, 0.15) is 0 Å². The van der Waals surface area contributed by atoms with Crippen molar-refractivity contribution < 1.29 is 4.79 Å². The van der Waals surface area contributed by atoms with Crippen LogP contribution in [0.3, 0.4) is 0 Å². The van der Waals surface area contributed by atoms with Crippen LogP contribution >= 0.6 is 24.8 Å². The van der Waals surface area contributed by atoms with E-state index in [0.717, 1.165) is 42.0 Å². The number of aromatic nitrogens is 3. The third kappa shape index (κ3) is 4.96. The van der Waals surface area contributed by atoms with Crippen molar-refractivity contribution in [2.45, 2.75) is 39.7 Å². The third-order valence-corrected chi connectivity index (χ3v) is 4.80. The first kappa shape index (κ1) is 22.4. The van der Waals surface area contributed by atoms with Crippen LogP contribution in [0.2, 0.25) is 0 Å². The minimum Gasteiger partial charge on any atom is -0.352 e. The molecule has 6 nitrogen and oxygen atoms in total. The van der Waals surface area contributed by atoms with E-state index in [1.807, 2.05) is 36.7 Å². The van der Waals surface area contributed by atoms with Gasteiger partial charge < -0.3 is 11.1 Å². The number of rotatable bonds is 5. The number of halogens is 2. The summed E-state index contributed by atoms with van der Waals surface area (Å²) < 4.78 is 1.82. The number of pyridine rings is 1. The smallest absolute Gasteiger partial charge is 0.223 e. The summed E-state index contributed by atoms with van der Waals surface area (Å²) in [6, 6.07) is 5.93. The van der Waals surface area contributed by atoms with E-state index >= 15 is 0 Å². The summed E-state index contributed by atoms with van der Waals surface area (Å²) in [6.45, 7) is 5.06. The van der Waals surface area contributed by atoms with Crippen LogP contribution in [0.15, 0.2) is 24.4 Å². The Hall–Kier alpha value is -1.63. The van der Waals surface area contributed by atoms with E-state index < -0.39 is 0 Å². The molecule has 0 radical (unpaired) electrons. The summed E-state index contributed by atoms with van der Waals surface area (Å²) in [5, 5.41) is 7.45. The largest absolute Gasteiger partial charge is 0.352 e. The van der Waals surface area contributed by atoms with E-state index in [0.29, 0.717) is 19.0 Å². The molecule has 3 rings (SSSR count). The van der Waals surface area contributed by atoms with E-state index in [4.69, 9.17) is 5.73 Å². The molecule has 0 spiro atoms. The fourth-order valence-corrected chi connectivity index (χ4v) is 3.49. The van der Waals surface area contributed by atoms with E-state index in [1.165, 1.54) is 0 Å². The Bertz CT molecular complexity index is 717. The quantitative estimate of drug-likeness (QED) is 0.808. The summed E-state index contributed by atoms with van der Waals surface area (Å²) in [5.41, 5.74) is 8.76. The molecule has 0 unspecified atom stereocenters. The number of nitrogens with zero attached hydrogens (tertiary/aromatic N) is 3. The highest BCUT2D eigenvalue weighted by Crippen LogP contribution is 2.30. The molecule has 1 aliphatic carbocycles. The van der Waals surface area contributed by atoms with Crippen LogP contribution < -0.4 is 11.1 Å². The van der Waals surface area contributed by atoms with Crippen molar-refractivity contribution in [2.75, 3.05) is 6.54 Å². The van der Waals surface area contributed by atoms with Gasteiger partial charge in [-0.3, -0.25) is 4.79 Å². The standard InChI is InChI=1S/C18H25N5O.2ClH/c1-12-8-13(2)23(22-12)17-7-6-14(10-20-17)11-21-18(24)16-5-3-4-15(16)9-19;;/h6-8,10,15-16H,3-5,9,11,19H2,1-2H3,(H,21,24);2*1H/t15-,16-;;/m1../s1. The monoisotopic (exact) mass is 399 g/mol. The van der Waals surface area contributed by atoms with Crippen molar-refractivity contribution >= 4 is 30.7 Å². The topological polar surface area (TPSA) is 85.8 Å². The number of carbonyl (C=O) groups is 1. The van der Waals surface area contributed by atoms with Gasteiger partial charge in [-0.15, -0.1) is 24.8 Å². The number of amides is 1. The lowest BCUT2D eigenvalue weighted by Crippen LogP contribution is -2.34. The number of nitrogens with one attached hydrogen (secondary N) is 1. The lowest BCUT2D eigenvalue weighted by atomic mass is 9.95. The van der Waals surface area contributed by atoms with Crippen molar-refractivity contribution in [3.63, 3.8) is 0 Å². The van der Waals surface area contributed by atoms with Crippen molar-refractivity contribution in [3.8, 4) is 5.82 Å². The summed E-state index contributed by atoms with van der Waals surface area (Å²) in [7, 11) is 0. The number of hydrogen-bond acceptors (Lipinski definition) is 4. The molecule has 1 fully saturated rings. The molecule has 26 heavy (non-hydrogen) atoms. The van der Waals surface area contributed by atoms with Crippen molar-refractivity contribution in [1.82, 2.24) is 20.1 Å². The first-order chi connectivity index (χ1) is 11.6. The Morgan fingerprint density at radius 1 is 1.31 bits per heavy atom. The van der Waals surface area contributed by atoms with Crippen LogP contribution in [-0.4, -0.2) is 27.2 Å². The SMILES string of the molecule is Cc1cc(C)n(-c2ccc(CNC(=O)[C@@H]3CCC[C@@H]3CN)cn2)n1.Cl.Cl. The van der Waals surface area contributed by atoms with Crippen molar-refractivity contribution in [2.24, 2.45) is 17.6 Å². The van der Waals surface area contributed by atoms with E-state index in [-0.39, 0.29) is 36.6 Å². The van der Waals surface area contributed by atoms with Gasteiger partial charge in [-0.2, -0.15) is 5.10 Å². The van der Waals surface area contributed by atoms with E-state index in [2.05, 4.69) is 15.4 Å². The number of hydrogen-bond donors (Lipinski definition) is 2. The first-order valence-corrected chi connectivity index (χ1v) is 8.55.